The zero-order valence-corrected chi connectivity index (χ0v) is 16.7. The number of halogens is 1. The van der Waals surface area contributed by atoms with Crippen LogP contribution in [0.5, 0.6) is 0 Å². The molecule has 0 spiro atoms. The molecule has 0 saturated carbocycles. The minimum Gasteiger partial charge on any atom is -0.354 e. The smallest absolute Gasteiger partial charge is 0.269 e. The van der Waals surface area contributed by atoms with Crippen molar-refractivity contribution in [2.75, 3.05) is 0 Å². The van der Waals surface area contributed by atoms with Gasteiger partial charge in [0.25, 0.3) is 5.69 Å². The molecule has 0 fully saturated rings. The van der Waals surface area contributed by atoms with Crippen molar-refractivity contribution in [3.63, 3.8) is 0 Å². The van der Waals surface area contributed by atoms with E-state index >= 15 is 0 Å². The Morgan fingerprint density at radius 3 is 2.54 bits per heavy atom. The predicted molar refractivity (Wildman–Crippen MR) is 109 cm³/mol. The molecule has 130 valence electrons. The molecule has 0 aliphatic rings. The van der Waals surface area contributed by atoms with Gasteiger partial charge in [-0.3, -0.25) is 10.1 Å². The Kier molecular flexibility index (Phi) is 8.69. The molecule has 2 rings (SSSR count). The van der Waals surface area contributed by atoms with Gasteiger partial charge in [-0.25, -0.2) is 4.99 Å². The molecule has 0 aliphatic heterocycles. The molecule has 1 aromatic heterocycles. The van der Waals surface area contributed by atoms with E-state index in [0.29, 0.717) is 6.54 Å². The van der Waals surface area contributed by atoms with E-state index in [2.05, 4.69) is 21.7 Å². The average molecular weight is 460 g/mol. The molecule has 2 aromatic rings. The SMILES string of the molecule is CC(C)NC(=NCc1ccc([N+](=O)[O-])cc1)NCc1cccs1.I. The maximum Gasteiger partial charge on any atom is 0.269 e. The molecule has 0 aliphatic carbocycles. The maximum atomic E-state index is 10.7. The van der Waals surface area contributed by atoms with Crippen LogP contribution in [-0.4, -0.2) is 16.9 Å². The van der Waals surface area contributed by atoms with Gasteiger partial charge in [-0.1, -0.05) is 18.2 Å². The number of nitro groups is 1. The number of aliphatic imine (C=N–C) groups is 1. The van der Waals surface area contributed by atoms with Crippen molar-refractivity contribution in [2.24, 2.45) is 4.99 Å². The van der Waals surface area contributed by atoms with Crippen molar-refractivity contribution >= 4 is 47.0 Å². The lowest BCUT2D eigenvalue weighted by Crippen LogP contribution is -2.40. The largest absolute Gasteiger partial charge is 0.354 e. The number of hydrogen-bond acceptors (Lipinski definition) is 4. The molecule has 0 bridgehead atoms. The Labute approximate surface area is 162 Å². The summed E-state index contributed by atoms with van der Waals surface area (Å²) in [4.78, 5) is 16.0. The van der Waals surface area contributed by atoms with Gasteiger partial charge in [-0.2, -0.15) is 0 Å². The van der Waals surface area contributed by atoms with Gasteiger partial charge < -0.3 is 10.6 Å². The lowest BCUT2D eigenvalue weighted by Gasteiger charge is -2.14. The topological polar surface area (TPSA) is 79.6 Å². The lowest BCUT2D eigenvalue weighted by molar-refractivity contribution is -0.384. The molecule has 2 N–H and O–H groups in total. The zero-order chi connectivity index (χ0) is 16.7. The molecular weight excluding hydrogens is 439 g/mol. The van der Waals surface area contributed by atoms with Crippen molar-refractivity contribution in [3.8, 4) is 0 Å². The number of nitro benzene ring substituents is 1. The Morgan fingerprint density at radius 2 is 2.00 bits per heavy atom. The summed E-state index contributed by atoms with van der Waals surface area (Å²) in [5, 5.41) is 19.3. The van der Waals surface area contributed by atoms with E-state index in [-0.39, 0.29) is 35.7 Å². The first kappa shape index (κ1) is 20.4. The number of thiophene rings is 1. The molecule has 6 nitrogen and oxygen atoms in total. The van der Waals surface area contributed by atoms with Crippen molar-refractivity contribution in [3.05, 3.63) is 62.3 Å². The summed E-state index contributed by atoms with van der Waals surface area (Å²) in [6, 6.07) is 10.8. The standard InChI is InChI=1S/C16H20N4O2S.HI/c1-12(2)19-16(18-11-15-4-3-9-23-15)17-10-13-5-7-14(8-6-13)20(21)22;/h3-9,12H,10-11H2,1-2H3,(H2,17,18,19);1H. The van der Waals surface area contributed by atoms with Crippen LogP contribution in [0.1, 0.15) is 24.3 Å². The van der Waals surface area contributed by atoms with E-state index < -0.39 is 4.92 Å². The molecule has 0 saturated heterocycles. The summed E-state index contributed by atoms with van der Waals surface area (Å²) in [6.45, 7) is 5.28. The third-order valence-corrected chi connectivity index (χ3v) is 3.88. The fourth-order valence-corrected chi connectivity index (χ4v) is 2.55. The first-order valence-electron chi connectivity index (χ1n) is 7.35. The first-order valence-corrected chi connectivity index (χ1v) is 8.23. The normalized spacial score (nSPS) is 11.0. The molecule has 0 amide bonds. The van der Waals surface area contributed by atoms with Crippen LogP contribution < -0.4 is 10.6 Å². The summed E-state index contributed by atoms with van der Waals surface area (Å²) < 4.78 is 0. The van der Waals surface area contributed by atoms with E-state index in [1.165, 1.54) is 17.0 Å². The lowest BCUT2D eigenvalue weighted by atomic mass is 10.2. The van der Waals surface area contributed by atoms with E-state index in [1.807, 2.05) is 25.3 Å². The number of non-ortho nitro benzene ring substituents is 1. The van der Waals surface area contributed by atoms with Crippen LogP contribution >= 0.6 is 35.3 Å². The number of hydrogen-bond donors (Lipinski definition) is 2. The minimum atomic E-state index is -0.401. The molecule has 1 aromatic carbocycles. The minimum absolute atomic E-state index is 0. The molecular formula is C16H21IN4O2S. The Balaban J connectivity index is 0.00000288. The van der Waals surface area contributed by atoms with E-state index in [1.54, 1.807) is 23.5 Å². The summed E-state index contributed by atoms with van der Waals surface area (Å²) >= 11 is 1.69. The average Bonchev–Trinajstić information content (AvgIpc) is 3.03. The van der Waals surface area contributed by atoms with Gasteiger partial charge in [0, 0.05) is 23.1 Å². The molecule has 0 unspecified atom stereocenters. The summed E-state index contributed by atoms with van der Waals surface area (Å²) in [5.41, 5.74) is 1.02. The highest BCUT2D eigenvalue weighted by atomic mass is 127. The number of benzene rings is 1. The molecule has 24 heavy (non-hydrogen) atoms. The van der Waals surface area contributed by atoms with Crippen molar-refractivity contribution < 1.29 is 4.92 Å². The molecule has 0 atom stereocenters. The van der Waals surface area contributed by atoms with Crippen LogP contribution in [0.25, 0.3) is 0 Å². The fourth-order valence-electron chi connectivity index (χ4n) is 1.90. The van der Waals surface area contributed by atoms with Crippen LogP contribution in [0, 0.1) is 10.1 Å². The highest BCUT2D eigenvalue weighted by molar-refractivity contribution is 14.0. The van der Waals surface area contributed by atoms with Gasteiger partial charge in [0.1, 0.15) is 0 Å². The number of rotatable bonds is 6. The van der Waals surface area contributed by atoms with Crippen molar-refractivity contribution in [1.29, 1.82) is 0 Å². The van der Waals surface area contributed by atoms with Gasteiger partial charge in [-0.05, 0) is 30.9 Å². The van der Waals surface area contributed by atoms with E-state index in [0.717, 1.165) is 18.1 Å². The van der Waals surface area contributed by atoms with Crippen LogP contribution in [0.3, 0.4) is 0 Å². The van der Waals surface area contributed by atoms with Crippen LogP contribution in [0.4, 0.5) is 5.69 Å². The highest BCUT2D eigenvalue weighted by Crippen LogP contribution is 2.12. The zero-order valence-electron chi connectivity index (χ0n) is 13.6. The second kappa shape index (κ2) is 10.2. The van der Waals surface area contributed by atoms with Gasteiger partial charge >= 0.3 is 0 Å². The van der Waals surface area contributed by atoms with Gasteiger partial charge in [0.05, 0.1) is 18.0 Å². The van der Waals surface area contributed by atoms with E-state index in [4.69, 9.17) is 0 Å². The Morgan fingerprint density at radius 1 is 1.29 bits per heavy atom. The monoisotopic (exact) mass is 460 g/mol. The highest BCUT2D eigenvalue weighted by Gasteiger charge is 2.05. The summed E-state index contributed by atoms with van der Waals surface area (Å²) in [6.07, 6.45) is 0. The molecule has 8 heteroatoms. The van der Waals surface area contributed by atoms with Gasteiger partial charge in [0.15, 0.2) is 5.96 Å². The number of nitrogens with zero attached hydrogens (tertiary/aromatic N) is 2. The quantitative estimate of drug-likeness (QED) is 0.225. The molecule has 1 heterocycles. The number of guanidine groups is 1. The van der Waals surface area contributed by atoms with Crippen LogP contribution in [0.2, 0.25) is 0 Å². The Bertz CT molecular complexity index is 657. The van der Waals surface area contributed by atoms with Crippen molar-refractivity contribution in [2.45, 2.75) is 33.0 Å². The first-order chi connectivity index (χ1) is 11.0. The molecule has 0 radical (unpaired) electrons. The van der Waals surface area contributed by atoms with Gasteiger partial charge in [0.2, 0.25) is 0 Å². The predicted octanol–water partition coefficient (Wildman–Crippen LogP) is 3.92. The van der Waals surface area contributed by atoms with E-state index in [9.17, 15) is 10.1 Å². The van der Waals surface area contributed by atoms with Crippen LogP contribution in [-0.2, 0) is 13.1 Å². The third kappa shape index (κ3) is 6.83. The van der Waals surface area contributed by atoms with Gasteiger partial charge in [-0.15, -0.1) is 35.3 Å². The van der Waals surface area contributed by atoms with Crippen LogP contribution in [0.15, 0.2) is 46.8 Å². The fraction of sp³-hybridized carbons (Fsp3) is 0.312. The van der Waals surface area contributed by atoms with Crippen molar-refractivity contribution in [1.82, 2.24) is 10.6 Å². The Hall–Kier alpha value is -1.68. The summed E-state index contributed by atoms with van der Waals surface area (Å²) in [5.74, 6) is 0.728. The number of nitrogens with one attached hydrogen (secondary N) is 2. The second-order valence-electron chi connectivity index (χ2n) is 5.32. The summed E-state index contributed by atoms with van der Waals surface area (Å²) in [7, 11) is 0. The maximum absolute atomic E-state index is 10.7. The second-order valence-corrected chi connectivity index (χ2v) is 6.35. The third-order valence-electron chi connectivity index (χ3n) is 3.00.